The van der Waals surface area contributed by atoms with Gasteiger partial charge in [-0.3, -0.25) is 0 Å². The van der Waals surface area contributed by atoms with Gasteiger partial charge in [-0.25, -0.2) is 0 Å². The maximum atomic E-state index is 6.08. The second kappa shape index (κ2) is 8.46. The molecule has 0 atom stereocenters. The second-order valence-corrected chi connectivity index (χ2v) is 8.70. The van der Waals surface area contributed by atoms with Gasteiger partial charge in [0.25, 0.3) is 0 Å². The van der Waals surface area contributed by atoms with Crippen molar-refractivity contribution in [2.75, 3.05) is 9.80 Å². The van der Waals surface area contributed by atoms with E-state index in [1.165, 1.54) is 27.7 Å². The molecule has 0 bridgehead atoms. The number of hydrogen-bond donors (Lipinski definition) is 0. The van der Waals surface area contributed by atoms with Crippen molar-refractivity contribution in [3.05, 3.63) is 17.2 Å². The highest BCUT2D eigenvalue weighted by molar-refractivity contribution is 6.97. The molecule has 2 nitrogen and oxygen atoms in total. The molecule has 132 valence electrons. The zero-order valence-corrected chi connectivity index (χ0v) is 18.4. The Labute approximate surface area is 154 Å². The molecule has 4 heteroatoms. The third-order valence-corrected chi connectivity index (χ3v) is 5.59. The predicted octanol–water partition coefficient (Wildman–Crippen LogP) is 3.96. The maximum Gasteiger partial charge on any atom is 0.0641 e. The molecule has 4 radical (unpaired) electrons. The van der Waals surface area contributed by atoms with Crippen LogP contribution in [0.4, 0.5) is 11.4 Å². The molecule has 0 unspecified atom stereocenters. The number of benzene rings is 1. The molecule has 0 spiro atoms. The van der Waals surface area contributed by atoms with Crippen molar-refractivity contribution in [2.45, 2.75) is 93.4 Å². The molecule has 1 aromatic carbocycles. The van der Waals surface area contributed by atoms with Gasteiger partial charge in [-0.1, -0.05) is 5.19 Å². The Balaban J connectivity index is 3.80. The van der Waals surface area contributed by atoms with E-state index in [9.17, 15) is 0 Å². The van der Waals surface area contributed by atoms with E-state index in [-0.39, 0.29) is 0 Å². The highest BCUT2D eigenvalue weighted by atomic mass is 28.2. The van der Waals surface area contributed by atoms with Crippen molar-refractivity contribution in [1.82, 2.24) is 0 Å². The summed E-state index contributed by atoms with van der Waals surface area (Å²) in [6.45, 7) is 22.7. The summed E-state index contributed by atoms with van der Waals surface area (Å²) in [5.41, 5.74) is 5.42. The Morgan fingerprint density at radius 3 is 1.50 bits per heavy atom. The molecule has 0 aliphatic rings. The van der Waals surface area contributed by atoms with Crippen LogP contribution < -0.4 is 15.0 Å². The highest BCUT2D eigenvalue weighted by Crippen LogP contribution is 2.38. The van der Waals surface area contributed by atoms with E-state index < -0.39 is 0 Å². The lowest BCUT2D eigenvalue weighted by molar-refractivity contribution is 0.586. The van der Waals surface area contributed by atoms with Gasteiger partial charge >= 0.3 is 0 Å². The van der Waals surface area contributed by atoms with Crippen molar-refractivity contribution in [3.8, 4) is 0 Å². The molecule has 0 aliphatic carbocycles. The molecule has 0 fully saturated rings. The van der Waals surface area contributed by atoms with Crippen molar-refractivity contribution in [3.63, 3.8) is 0 Å². The molecule has 0 saturated heterocycles. The average Bonchev–Trinajstić information content (AvgIpc) is 2.44. The number of hydrogen-bond acceptors (Lipinski definition) is 2. The Morgan fingerprint density at radius 2 is 1.17 bits per heavy atom. The summed E-state index contributed by atoms with van der Waals surface area (Å²) in [6.07, 6.45) is 0. The fourth-order valence-electron chi connectivity index (χ4n) is 3.82. The third-order valence-electron chi connectivity index (χ3n) is 4.76. The van der Waals surface area contributed by atoms with Gasteiger partial charge in [-0.2, -0.15) is 0 Å². The van der Waals surface area contributed by atoms with Crippen LogP contribution in [-0.4, -0.2) is 41.0 Å². The SMILES string of the molecule is [B][Si]c1cc(N(C(C)C)C(C)C)c(N(C(C)C)C(C)C)c(C)c1C. The molecule has 0 N–H and O–H groups in total. The van der Waals surface area contributed by atoms with E-state index in [4.69, 9.17) is 7.44 Å². The number of rotatable bonds is 7. The summed E-state index contributed by atoms with van der Waals surface area (Å²) in [6, 6.07) is 4.14. The molecular formula is C20H35BN2Si. The fraction of sp³-hybridized carbons (Fsp3) is 0.700. The Hall–Kier alpha value is -0.898. The lowest BCUT2D eigenvalue weighted by Crippen LogP contribution is -2.43. The molecule has 1 rings (SSSR count). The second-order valence-electron chi connectivity index (χ2n) is 7.88. The molecule has 0 amide bonds. The maximum absolute atomic E-state index is 6.08. The largest absolute Gasteiger partial charge is 0.365 e. The van der Waals surface area contributed by atoms with Crippen LogP contribution in [0.5, 0.6) is 0 Å². The van der Waals surface area contributed by atoms with E-state index >= 15 is 0 Å². The summed E-state index contributed by atoms with van der Waals surface area (Å²) < 4.78 is 0. The summed E-state index contributed by atoms with van der Waals surface area (Å²) in [4.78, 5) is 5.09. The van der Waals surface area contributed by atoms with E-state index in [1.807, 2.05) is 0 Å². The van der Waals surface area contributed by atoms with Gasteiger partial charge in [-0.05, 0) is 86.4 Å². The topological polar surface area (TPSA) is 6.48 Å². The van der Waals surface area contributed by atoms with E-state index in [0.29, 0.717) is 33.6 Å². The van der Waals surface area contributed by atoms with E-state index in [0.717, 1.165) is 0 Å². The van der Waals surface area contributed by atoms with Crippen molar-refractivity contribution in [2.24, 2.45) is 0 Å². The van der Waals surface area contributed by atoms with Crippen LogP contribution in [-0.2, 0) is 0 Å². The van der Waals surface area contributed by atoms with Gasteiger partial charge in [0, 0.05) is 33.6 Å². The van der Waals surface area contributed by atoms with Gasteiger partial charge in [0.2, 0.25) is 0 Å². The normalized spacial score (nSPS) is 11.9. The Bertz CT molecular complexity index is 537. The summed E-state index contributed by atoms with van der Waals surface area (Å²) >= 11 is 0. The number of nitrogens with zero attached hydrogens (tertiary/aromatic N) is 2. The smallest absolute Gasteiger partial charge is 0.0641 e. The highest BCUT2D eigenvalue weighted by Gasteiger charge is 2.26. The van der Waals surface area contributed by atoms with Crippen LogP contribution in [0.2, 0.25) is 0 Å². The lowest BCUT2D eigenvalue weighted by atomic mass is 10.00. The standard InChI is InChI=1S/C20H35BN2Si/c1-12(2)22(13(3)4)18-11-19(24-21)16(9)17(10)20(18)23(14(5)6)15(7)8/h11-15H,1-10H3. The van der Waals surface area contributed by atoms with Gasteiger partial charge in [0.1, 0.15) is 0 Å². The van der Waals surface area contributed by atoms with Gasteiger partial charge in [0.15, 0.2) is 0 Å². The predicted molar refractivity (Wildman–Crippen MR) is 113 cm³/mol. The first-order chi connectivity index (χ1) is 11.0. The zero-order chi connectivity index (χ0) is 18.8. The van der Waals surface area contributed by atoms with Gasteiger partial charge in [-0.15, -0.1) is 0 Å². The Kier molecular flexibility index (Phi) is 7.46. The summed E-state index contributed by atoms with van der Waals surface area (Å²) in [5.74, 6) is 0. The molecule has 24 heavy (non-hydrogen) atoms. The molecule has 1 aromatic rings. The number of anilines is 2. The molecule has 0 aliphatic heterocycles. The zero-order valence-electron chi connectivity index (χ0n) is 17.4. The van der Waals surface area contributed by atoms with Crippen LogP contribution >= 0.6 is 0 Å². The minimum atomic E-state index is 0.335. The molecule has 0 aromatic heterocycles. The van der Waals surface area contributed by atoms with Crippen LogP contribution in [0.15, 0.2) is 6.07 Å². The first-order valence-corrected chi connectivity index (χ1v) is 10.3. The quantitative estimate of drug-likeness (QED) is 0.692. The first kappa shape index (κ1) is 21.1. The van der Waals surface area contributed by atoms with E-state index in [1.54, 1.807) is 0 Å². The lowest BCUT2D eigenvalue weighted by Gasteiger charge is -2.42. The average molecular weight is 342 g/mol. The summed E-state index contributed by atoms with van der Waals surface area (Å²) in [5, 5.41) is 1.28. The fourth-order valence-corrected chi connectivity index (χ4v) is 4.45. The third kappa shape index (κ3) is 4.19. The van der Waals surface area contributed by atoms with Crippen LogP contribution in [0.3, 0.4) is 0 Å². The van der Waals surface area contributed by atoms with Gasteiger partial charge < -0.3 is 9.80 Å². The first-order valence-electron chi connectivity index (χ1n) is 9.21. The monoisotopic (exact) mass is 342 g/mol. The Morgan fingerprint density at radius 1 is 0.750 bits per heavy atom. The molecular weight excluding hydrogens is 307 g/mol. The van der Waals surface area contributed by atoms with Crippen LogP contribution in [0.1, 0.15) is 66.5 Å². The molecule has 0 saturated carbocycles. The van der Waals surface area contributed by atoms with E-state index in [2.05, 4.69) is 85.1 Å². The minimum Gasteiger partial charge on any atom is -0.365 e. The van der Waals surface area contributed by atoms with Gasteiger partial charge in [0.05, 0.1) is 18.8 Å². The van der Waals surface area contributed by atoms with Crippen molar-refractivity contribution < 1.29 is 0 Å². The minimum absolute atomic E-state index is 0.335. The van der Waals surface area contributed by atoms with Crippen LogP contribution in [0.25, 0.3) is 0 Å². The van der Waals surface area contributed by atoms with Crippen molar-refractivity contribution >= 4 is 33.4 Å². The molecule has 0 heterocycles. The van der Waals surface area contributed by atoms with Crippen molar-refractivity contribution in [1.29, 1.82) is 0 Å². The summed E-state index contributed by atoms with van der Waals surface area (Å²) in [7, 11) is 6.42. The van der Waals surface area contributed by atoms with Crippen LogP contribution in [0, 0.1) is 13.8 Å².